The maximum absolute atomic E-state index is 11.3. The number of anilines is 1. The maximum atomic E-state index is 11.3. The molecule has 1 aromatic rings. The van der Waals surface area contributed by atoms with Crippen molar-refractivity contribution in [1.29, 1.82) is 0 Å². The van der Waals surface area contributed by atoms with Gasteiger partial charge in [0.25, 0.3) is 0 Å². The van der Waals surface area contributed by atoms with Gasteiger partial charge in [0.15, 0.2) is 0 Å². The average Bonchev–Trinajstić information content (AvgIpc) is 2.17. The van der Waals surface area contributed by atoms with Gasteiger partial charge in [-0.15, -0.1) is 0 Å². The molecule has 1 aromatic carbocycles. The fourth-order valence-corrected chi connectivity index (χ4v) is 2.09. The Balaban J connectivity index is 2.55. The molecule has 1 aliphatic rings. The zero-order chi connectivity index (χ0) is 11.0. The zero-order valence-corrected chi connectivity index (χ0v) is 9.27. The highest BCUT2D eigenvalue weighted by Crippen LogP contribution is 2.32. The molecule has 0 saturated heterocycles. The molecule has 1 unspecified atom stereocenters. The molecule has 1 aliphatic heterocycles. The minimum Gasteiger partial charge on any atom is -0.326 e. The standard InChI is InChI=1S/C11H13ClN2O/c1-6(13)9-5-8(12)4-7-2-3-10(15)14-11(7)9/h4-6H,2-3,13H2,1H3,(H,14,15). The summed E-state index contributed by atoms with van der Waals surface area (Å²) >= 11 is 5.99. The summed E-state index contributed by atoms with van der Waals surface area (Å²) in [5.41, 5.74) is 8.68. The SMILES string of the molecule is CC(N)c1cc(Cl)cc2c1NC(=O)CC2. The van der Waals surface area contributed by atoms with Crippen molar-refractivity contribution in [1.82, 2.24) is 0 Å². The normalized spacial score (nSPS) is 16.9. The number of rotatable bonds is 1. The summed E-state index contributed by atoms with van der Waals surface area (Å²) in [5.74, 6) is 0.0479. The summed E-state index contributed by atoms with van der Waals surface area (Å²) in [7, 11) is 0. The molecule has 1 heterocycles. The van der Waals surface area contributed by atoms with E-state index < -0.39 is 0 Å². The van der Waals surface area contributed by atoms with Crippen molar-refractivity contribution in [2.45, 2.75) is 25.8 Å². The molecule has 0 fully saturated rings. The monoisotopic (exact) mass is 224 g/mol. The van der Waals surface area contributed by atoms with Gasteiger partial charge < -0.3 is 11.1 Å². The average molecular weight is 225 g/mol. The Kier molecular flexibility index (Phi) is 2.67. The van der Waals surface area contributed by atoms with Crippen LogP contribution in [0.4, 0.5) is 5.69 Å². The van der Waals surface area contributed by atoms with E-state index in [0.29, 0.717) is 11.4 Å². The molecule has 0 aromatic heterocycles. The number of fused-ring (bicyclic) bond motifs is 1. The number of carbonyl (C=O) groups excluding carboxylic acids is 1. The van der Waals surface area contributed by atoms with E-state index in [4.69, 9.17) is 17.3 Å². The Morgan fingerprint density at radius 2 is 2.20 bits per heavy atom. The van der Waals surface area contributed by atoms with Crippen LogP contribution in [0.2, 0.25) is 5.02 Å². The Bertz CT molecular complexity index is 415. The van der Waals surface area contributed by atoms with Gasteiger partial charge in [-0.1, -0.05) is 11.6 Å². The lowest BCUT2D eigenvalue weighted by Crippen LogP contribution is -2.22. The number of hydrogen-bond acceptors (Lipinski definition) is 2. The molecule has 1 amide bonds. The number of aryl methyl sites for hydroxylation is 1. The van der Waals surface area contributed by atoms with Gasteiger partial charge in [-0.25, -0.2) is 0 Å². The van der Waals surface area contributed by atoms with Crippen molar-refractivity contribution in [2.75, 3.05) is 5.32 Å². The summed E-state index contributed by atoms with van der Waals surface area (Å²) in [6, 6.07) is 3.58. The van der Waals surface area contributed by atoms with Gasteiger partial charge in [0.1, 0.15) is 0 Å². The maximum Gasteiger partial charge on any atom is 0.224 e. The van der Waals surface area contributed by atoms with Crippen molar-refractivity contribution >= 4 is 23.2 Å². The van der Waals surface area contributed by atoms with Crippen LogP contribution in [-0.4, -0.2) is 5.91 Å². The zero-order valence-electron chi connectivity index (χ0n) is 8.51. The van der Waals surface area contributed by atoms with E-state index in [1.165, 1.54) is 0 Å². The predicted octanol–water partition coefficient (Wildman–Crippen LogP) is 2.24. The molecule has 15 heavy (non-hydrogen) atoms. The second kappa shape index (κ2) is 3.83. The van der Waals surface area contributed by atoms with E-state index in [0.717, 1.165) is 23.2 Å². The van der Waals surface area contributed by atoms with Crippen LogP contribution >= 0.6 is 11.6 Å². The smallest absolute Gasteiger partial charge is 0.224 e. The van der Waals surface area contributed by atoms with E-state index >= 15 is 0 Å². The molecule has 3 N–H and O–H groups in total. The third-order valence-corrected chi connectivity index (χ3v) is 2.81. The van der Waals surface area contributed by atoms with Gasteiger partial charge in [-0.2, -0.15) is 0 Å². The van der Waals surface area contributed by atoms with Gasteiger partial charge in [0.2, 0.25) is 5.91 Å². The number of halogens is 1. The second-order valence-corrected chi connectivity index (χ2v) is 4.30. The van der Waals surface area contributed by atoms with Crippen molar-refractivity contribution in [3.8, 4) is 0 Å². The third-order valence-electron chi connectivity index (χ3n) is 2.59. The Morgan fingerprint density at radius 3 is 2.87 bits per heavy atom. The highest BCUT2D eigenvalue weighted by Gasteiger charge is 2.20. The van der Waals surface area contributed by atoms with Crippen LogP contribution in [0.5, 0.6) is 0 Å². The lowest BCUT2D eigenvalue weighted by Gasteiger charge is -2.22. The molecule has 3 nitrogen and oxygen atoms in total. The molecule has 0 bridgehead atoms. The van der Waals surface area contributed by atoms with Crippen molar-refractivity contribution in [3.63, 3.8) is 0 Å². The number of amides is 1. The highest BCUT2D eigenvalue weighted by molar-refractivity contribution is 6.31. The molecule has 0 saturated carbocycles. The number of nitrogens with one attached hydrogen (secondary N) is 1. The molecule has 0 radical (unpaired) electrons. The summed E-state index contributed by atoms with van der Waals surface area (Å²) in [5, 5.41) is 3.54. The first kappa shape index (κ1) is 10.5. The van der Waals surface area contributed by atoms with Crippen molar-refractivity contribution in [2.24, 2.45) is 5.73 Å². The largest absolute Gasteiger partial charge is 0.326 e. The van der Waals surface area contributed by atoms with E-state index in [2.05, 4.69) is 5.32 Å². The lowest BCUT2D eigenvalue weighted by molar-refractivity contribution is -0.116. The highest BCUT2D eigenvalue weighted by atomic mass is 35.5. The number of nitrogens with two attached hydrogens (primary N) is 1. The van der Waals surface area contributed by atoms with Gasteiger partial charge in [-0.3, -0.25) is 4.79 Å². The minimum atomic E-state index is -0.129. The first-order valence-electron chi connectivity index (χ1n) is 4.95. The molecular weight excluding hydrogens is 212 g/mol. The van der Waals surface area contributed by atoms with E-state index in [9.17, 15) is 4.79 Å². The molecule has 0 spiro atoms. The lowest BCUT2D eigenvalue weighted by atomic mass is 9.96. The minimum absolute atomic E-state index is 0.0479. The van der Waals surface area contributed by atoms with Crippen LogP contribution in [0.1, 0.15) is 30.5 Å². The van der Waals surface area contributed by atoms with Crippen LogP contribution in [0.25, 0.3) is 0 Å². The summed E-state index contributed by atoms with van der Waals surface area (Å²) in [6.07, 6.45) is 1.26. The molecular formula is C11H13ClN2O. The van der Waals surface area contributed by atoms with Crippen molar-refractivity contribution in [3.05, 3.63) is 28.3 Å². The fourth-order valence-electron chi connectivity index (χ4n) is 1.85. The van der Waals surface area contributed by atoms with E-state index in [1.54, 1.807) is 0 Å². The number of benzene rings is 1. The van der Waals surface area contributed by atoms with Crippen LogP contribution < -0.4 is 11.1 Å². The van der Waals surface area contributed by atoms with E-state index in [-0.39, 0.29) is 11.9 Å². The van der Waals surface area contributed by atoms with E-state index in [1.807, 2.05) is 19.1 Å². The van der Waals surface area contributed by atoms with Crippen molar-refractivity contribution < 1.29 is 4.79 Å². The summed E-state index contributed by atoms with van der Waals surface area (Å²) in [6.45, 7) is 1.88. The Morgan fingerprint density at radius 1 is 1.47 bits per heavy atom. The molecule has 1 atom stereocenters. The third kappa shape index (κ3) is 1.98. The Labute approximate surface area is 93.6 Å². The molecule has 2 rings (SSSR count). The fraction of sp³-hybridized carbons (Fsp3) is 0.364. The summed E-state index contributed by atoms with van der Waals surface area (Å²) < 4.78 is 0. The van der Waals surface area contributed by atoms with Gasteiger partial charge in [0.05, 0.1) is 0 Å². The molecule has 4 heteroatoms. The Hall–Kier alpha value is -1.06. The first-order valence-corrected chi connectivity index (χ1v) is 5.33. The van der Waals surface area contributed by atoms with Gasteiger partial charge in [-0.05, 0) is 36.6 Å². The van der Waals surface area contributed by atoms with Crippen LogP contribution in [-0.2, 0) is 11.2 Å². The quantitative estimate of drug-likeness (QED) is 0.769. The molecule has 0 aliphatic carbocycles. The van der Waals surface area contributed by atoms with Crippen LogP contribution in [0, 0.1) is 0 Å². The molecule has 80 valence electrons. The summed E-state index contributed by atoms with van der Waals surface area (Å²) in [4.78, 5) is 11.3. The van der Waals surface area contributed by atoms with Gasteiger partial charge >= 0.3 is 0 Å². The topological polar surface area (TPSA) is 55.1 Å². The van der Waals surface area contributed by atoms with Crippen LogP contribution in [0.3, 0.4) is 0 Å². The van der Waals surface area contributed by atoms with Gasteiger partial charge in [0, 0.05) is 23.2 Å². The first-order chi connectivity index (χ1) is 7.08. The second-order valence-electron chi connectivity index (χ2n) is 3.87. The predicted molar refractivity (Wildman–Crippen MR) is 61.0 cm³/mol. The van der Waals surface area contributed by atoms with Crippen LogP contribution in [0.15, 0.2) is 12.1 Å². The number of carbonyl (C=O) groups is 1. The number of hydrogen-bond donors (Lipinski definition) is 2.